The fourth-order valence-electron chi connectivity index (χ4n) is 3.74. The normalized spacial score (nSPS) is 12.4. The van der Waals surface area contributed by atoms with Crippen LogP contribution in [0.3, 0.4) is 0 Å². The number of aliphatic hydroxyl groups excluding tert-OH is 1. The molecule has 2 heterocycles. The number of aromatic amines is 1. The molecule has 1 atom stereocenters. The second-order valence-electron chi connectivity index (χ2n) is 7.55. The molecule has 0 aliphatic heterocycles. The Kier molecular flexibility index (Phi) is 7.95. The topological polar surface area (TPSA) is 95.5 Å². The highest BCUT2D eigenvalue weighted by Gasteiger charge is 2.22. The maximum absolute atomic E-state index is 12.9. The summed E-state index contributed by atoms with van der Waals surface area (Å²) in [7, 11) is 1.33. The minimum absolute atomic E-state index is 0.253. The number of carbonyl (C=O) groups is 1. The fourth-order valence-corrected chi connectivity index (χ4v) is 4.94. The van der Waals surface area contributed by atoms with E-state index in [9.17, 15) is 14.7 Å². The van der Waals surface area contributed by atoms with Gasteiger partial charge in [-0.15, -0.1) is 11.3 Å². The van der Waals surface area contributed by atoms with Crippen LogP contribution in [0.25, 0.3) is 10.2 Å². The first-order chi connectivity index (χ1) is 15.0. The molecule has 0 amide bonds. The first kappa shape index (κ1) is 23.1. The molecule has 2 N–H and O–H groups in total. The van der Waals surface area contributed by atoms with E-state index < -0.39 is 12.1 Å². The summed E-state index contributed by atoms with van der Waals surface area (Å²) in [6.07, 6.45) is 1.69. The summed E-state index contributed by atoms with van der Waals surface area (Å²) in [5.74, 6) is 0.0617. The number of nitrogens with one attached hydrogen (secondary N) is 1. The third kappa shape index (κ3) is 5.58. The van der Waals surface area contributed by atoms with E-state index >= 15 is 0 Å². The molecule has 166 valence electrons. The molecule has 3 aromatic rings. The van der Waals surface area contributed by atoms with Gasteiger partial charge in [-0.05, 0) is 24.0 Å². The predicted octanol–water partition coefficient (Wildman–Crippen LogP) is 3.50. The Morgan fingerprint density at radius 1 is 1.26 bits per heavy atom. The molecule has 8 heteroatoms. The van der Waals surface area contributed by atoms with Crippen LogP contribution in [0.5, 0.6) is 0 Å². The van der Waals surface area contributed by atoms with Gasteiger partial charge in [-0.1, -0.05) is 50.6 Å². The standard InChI is InChI=1S/C23H29N3O4S/c1-4-9-16(27)13-26(12-15-10-7-6-8-11-15)14-18-24-21(28)19-17(5-2)20(23(29)30-3)31-22(19)25-18/h6-8,10-11,16,27H,4-5,9,12-14H2,1-3H3,(H,24,25,28). The van der Waals surface area contributed by atoms with Gasteiger partial charge in [0.05, 0.1) is 25.1 Å². The minimum Gasteiger partial charge on any atom is -0.465 e. The highest BCUT2D eigenvalue weighted by molar-refractivity contribution is 7.20. The predicted molar refractivity (Wildman–Crippen MR) is 122 cm³/mol. The van der Waals surface area contributed by atoms with Crippen LogP contribution < -0.4 is 5.56 Å². The van der Waals surface area contributed by atoms with Crippen molar-refractivity contribution in [2.24, 2.45) is 0 Å². The smallest absolute Gasteiger partial charge is 0.348 e. The second kappa shape index (κ2) is 10.7. The molecule has 0 saturated carbocycles. The van der Waals surface area contributed by atoms with Crippen molar-refractivity contribution >= 4 is 27.5 Å². The zero-order valence-electron chi connectivity index (χ0n) is 18.2. The van der Waals surface area contributed by atoms with E-state index in [1.165, 1.54) is 18.4 Å². The van der Waals surface area contributed by atoms with Gasteiger partial charge in [0.1, 0.15) is 15.5 Å². The van der Waals surface area contributed by atoms with Gasteiger partial charge in [0, 0.05) is 13.1 Å². The Hall–Kier alpha value is -2.55. The number of fused-ring (bicyclic) bond motifs is 1. The number of methoxy groups -OCH3 is 1. The van der Waals surface area contributed by atoms with E-state index in [-0.39, 0.29) is 5.56 Å². The van der Waals surface area contributed by atoms with Crippen molar-refractivity contribution in [1.82, 2.24) is 14.9 Å². The Morgan fingerprint density at radius 2 is 2.00 bits per heavy atom. The minimum atomic E-state index is -0.455. The average molecular weight is 444 g/mol. The summed E-state index contributed by atoms with van der Waals surface area (Å²) in [4.78, 5) is 35.6. The molecule has 31 heavy (non-hydrogen) atoms. The first-order valence-corrected chi connectivity index (χ1v) is 11.4. The number of carbonyl (C=O) groups excluding carboxylic acids is 1. The Morgan fingerprint density at radius 3 is 2.65 bits per heavy atom. The van der Waals surface area contributed by atoms with Crippen LogP contribution in [0.1, 0.15) is 53.3 Å². The zero-order valence-corrected chi connectivity index (χ0v) is 19.0. The molecule has 7 nitrogen and oxygen atoms in total. The third-order valence-electron chi connectivity index (χ3n) is 5.15. The summed E-state index contributed by atoms with van der Waals surface area (Å²) >= 11 is 1.19. The molecule has 2 aromatic heterocycles. The maximum Gasteiger partial charge on any atom is 0.348 e. The molecule has 0 spiro atoms. The van der Waals surface area contributed by atoms with Gasteiger partial charge in [0.15, 0.2) is 0 Å². The molecular formula is C23H29N3O4S. The number of aliphatic hydroxyl groups is 1. The second-order valence-corrected chi connectivity index (χ2v) is 8.54. The summed E-state index contributed by atoms with van der Waals surface area (Å²) in [6.45, 7) is 5.43. The van der Waals surface area contributed by atoms with E-state index in [2.05, 4.69) is 14.9 Å². The van der Waals surface area contributed by atoms with Crippen LogP contribution in [-0.2, 0) is 24.2 Å². The SMILES string of the molecule is CCCC(O)CN(Cc1ccccc1)Cc1nc2sc(C(=O)OC)c(CC)c2c(=O)[nH]1. The van der Waals surface area contributed by atoms with Crippen LogP contribution in [0.2, 0.25) is 0 Å². The quantitative estimate of drug-likeness (QED) is 0.466. The zero-order chi connectivity index (χ0) is 22.4. The van der Waals surface area contributed by atoms with Gasteiger partial charge < -0.3 is 14.8 Å². The number of thiophene rings is 1. The van der Waals surface area contributed by atoms with Gasteiger partial charge in [0.25, 0.3) is 5.56 Å². The highest BCUT2D eigenvalue weighted by Crippen LogP contribution is 2.29. The van der Waals surface area contributed by atoms with Crippen LogP contribution in [0.15, 0.2) is 35.1 Å². The molecule has 0 radical (unpaired) electrons. The van der Waals surface area contributed by atoms with Crippen molar-refractivity contribution in [1.29, 1.82) is 0 Å². The van der Waals surface area contributed by atoms with Crippen molar-refractivity contribution in [2.45, 2.75) is 52.3 Å². The molecule has 0 saturated heterocycles. The van der Waals surface area contributed by atoms with E-state index in [0.717, 1.165) is 12.0 Å². The largest absolute Gasteiger partial charge is 0.465 e. The number of aryl methyl sites for hydroxylation is 1. The van der Waals surface area contributed by atoms with E-state index in [1.807, 2.05) is 44.2 Å². The Bertz CT molecular complexity index is 1080. The van der Waals surface area contributed by atoms with Crippen LogP contribution in [0, 0.1) is 0 Å². The van der Waals surface area contributed by atoms with Crippen LogP contribution >= 0.6 is 11.3 Å². The lowest BCUT2D eigenvalue weighted by molar-refractivity contribution is 0.0605. The van der Waals surface area contributed by atoms with Crippen LogP contribution in [-0.4, -0.2) is 45.7 Å². The van der Waals surface area contributed by atoms with E-state index in [4.69, 9.17) is 4.74 Å². The van der Waals surface area contributed by atoms with E-state index in [0.29, 0.717) is 59.0 Å². The number of H-pyrrole nitrogens is 1. The number of hydrogen-bond donors (Lipinski definition) is 2. The molecule has 1 unspecified atom stereocenters. The van der Waals surface area contributed by atoms with E-state index in [1.54, 1.807) is 0 Å². The molecule has 1 aromatic carbocycles. The van der Waals surface area contributed by atoms with Crippen molar-refractivity contribution in [3.63, 3.8) is 0 Å². The van der Waals surface area contributed by atoms with Crippen molar-refractivity contribution in [3.05, 3.63) is 62.5 Å². The Labute approximate surface area is 185 Å². The average Bonchev–Trinajstić information content (AvgIpc) is 3.13. The highest BCUT2D eigenvalue weighted by atomic mass is 32.1. The lowest BCUT2D eigenvalue weighted by atomic mass is 10.1. The maximum atomic E-state index is 12.9. The van der Waals surface area contributed by atoms with Crippen molar-refractivity contribution in [3.8, 4) is 0 Å². The summed E-state index contributed by atoms with van der Waals surface area (Å²) in [5, 5.41) is 10.8. The number of aromatic nitrogens is 2. The van der Waals surface area contributed by atoms with Gasteiger partial charge in [-0.25, -0.2) is 9.78 Å². The number of hydrogen-bond acceptors (Lipinski definition) is 7. The Balaban J connectivity index is 1.93. The molecular weight excluding hydrogens is 414 g/mol. The van der Waals surface area contributed by atoms with Crippen LogP contribution in [0.4, 0.5) is 0 Å². The molecule has 0 fully saturated rings. The molecule has 0 bridgehead atoms. The van der Waals surface area contributed by atoms with Gasteiger partial charge in [-0.3, -0.25) is 9.69 Å². The third-order valence-corrected chi connectivity index (χ3v) is 6.25. The number of nitrogens with zero attached hydrogens (tertiary/aromatic N) is 2. The summed E-state index contributed by atoms with van der Waals surface area (Å²) in [5.41, 5.74) is 1.54. The van der Waals surface area contributed by atoms with Crippen molar-refractivity contribution < 1.29 is 14.6 Å². The van der Waals surface area contributed by atoms with Gasteiger partial charge in [-0.2, -0.15) is 0 Å². The number of benzene rings is 1. The van der Waals surface area contributed by atoms with Gasteiger partial charge in [0.2, 0.25) is 0 Å². The summed E-state index contributed by atoms with van der Waals surface area (Å²) < 4.78 is 4.87. The molecule has 0 aliphatic rings. The van der Waals surface area contributed by atoms with Crippen molar-refractivity contribution in [2.75, 3.05) is 13.7 Å². The number of rotatable bonds is 10. The monoisotopic (exact) mass is 443 g/mol. The molecule has 3 rings (SSSR count). The molecule has 0 aliphatic carbocycles. The lowest BCUT2D eigenvalue weighted by Gasteiger charge is -2.24. The number of ether oxygens (including phenoxy) is 1. The van der Waals surface area contributed by atoms with Gasteiger partial charge >= 0.3 is 5.97 Å². The lowest BCUT2D eigenvalue weighted by Crippen LogP contribution is -2.33. The fraction of sp³-hybridized carbons (Fsp3) is 0.435. The first-order valence-electron chi connectivity index (χ1n) is 10.5. The number of esters is 1. The summed E-state index contributed by atoms with van der Waals surface area (Å²) in [6, 6.07) is 10.00.